The fourth-order valence-electron chi connectivity index (χ4n) is 2.31. The van der Waals surface area contributed by atoms with Gasteiger partial charge >= 0.3 is 5.97 Å². The van der Waals surface area contributed by atoms with Crippen molar-refractivity contribution >= 4 is 17.6 Å². The summed E-state index contributed by atoms with van der Waals surface area (Å²) in [6.45, 7) is 2.09. The molecule has 0 bridgehead atoms. The first-order chi connectivity index (χ1) is 11.2. The van der Waals surface area contributed by atoms with Crippen molar-refractivity contribution in [1.29, 1.82) is 0 Å². The molecule has 0 aliphatic rings. The zero-order valence-electron chi connectivity index (χ0n) is 12.6. The van der Waals surface area contributed by atoms with Gasteiger partial charge in [-0.05, 0) is 37.3 Å². The second-order valence-corrected chi connectivity index (χ2v) is 5.38. The molecule has 0 spiro atoms. The van der Waals surface area contributed by atoms with Crippen LogP contribution in [0.4, 0.5) is 0 Å². The van der Waals surface area contributed by atoms with E-state index in [-0.39, 0.29) is 0 Å². The smallest absolute Gasteiger partial charge is 0.342 e. The van der Waals surface area contributed by atoms with Gasteiger partial charge in [0.25, 0.3) is 0 Å². The van der Waals surface area contributed by atoms with E-state index in [1.54, 1.807) is 25.1 Å². The first-order valence-corrected chi connectivity index (χ1v) is 7.69. The molecule has 0 saturated heterocycles. The molecule has 23 heavy (non-hydrogen) atoms. The molecule has 0 amide bonds. The molecule has 2 aromatic carbocycles. The van der Waals surface area contributed by atoms with Gasteiger partial charge < -0.3 is 9.15 Å². The highest BCUT2D eigenvalue weighted by molar-refractivity contribution is 6.30. The Morgan fingerprint density at radius 2 is 1.74 bits per heavy atom. The van der Waals surface area contributed by atoms with Crippen LogP contribution in [0.1, 0.15) is 17.3 Å². The summed E-state index contributed by atoms with van der Waals surface area (Å²) in [7, 11) is 0. The summed E-state index contributed by atoms with van der Waals surface area (Å²) in [5.74, 6) is 0.716. The summed E-state index contributed by atoms with van der Waals surface area (Å²) in [4.78, 5) is 12.2. The van der Waals surface area contributed by atoms with Crippen LogP contribution >= 0.6 is 11.6 Å². The lowest BCUT2D eigenvalue weighted by Crippen LogP contribution is -2.04. The Kier molecular flexibility index (Phi) is 4.49. The van der Waals surface area contributed by atoms with Crippen molar-refractivity contribution in [3.8, 4) is 22.6 Å². The Morgan fingerprint density at radius 3 is 2.39 bits per heavy atom. The highest BCUT2D eigenvalue weighted by Gasteiger charge is 2.21. The van der Waals surface area contributed by atoms with E-state index in [9.17, 15) is 4.79 Å². The van der Waals surface area contributed by atoms with Crippen LogP contribution in [-0.2, 0) is 4.74 Å². The molecule has 0 fully saturated rings. The number of carbonyl (C=O) groups excluding carboxylic acids is 1. The van der Waals surface area contributed by atoms with Gasteiger partial charge in [-0.3, -0.25) is 0 Å². The highest BCUT2D eigenvalue weighted by Crippen LogP contribution is 2.33. The summed E-state index contributed by atoms with van der Waals surface area (Å²) < 4.78 is 11.1. The number of benzene rings is 2. The van der Waals surface area contributed by atoms with E-state index in [2.05, 4.69) is 0 Å². The second-order valence-electron chi connectivity index (χ2n) is 4.95. The van der Waals surface area contributed by atoms with Gasteiger partial charge in [-0.25, -0.2) is 4.79 Å². The van der Waals surface area contributed by atoms with E-state index in [0.717, 1.165) is 11.1 Å². The lowest BCUT2D eigenvalue weighted by molar-refractivity contribution is 0.0527. The molecule has 0 atom stereocenters. The predicted octanol–water partition coefficient (Wildman–Crippen LogP) is 5.44. The van der Waals surface area contributed by atoms with Crippen molar-refractivity contribution in [3.05, 3.63) is 71.2 Å². The third kappa shape index (κ3) is 3.30. The summed E-state index contributed by atoms with van der Waals surface area (Å²) >= 11 is 5.92. The Morgan fingerprint density at radius 1 is 1.04 bits per heavy atom. The zero-order valence-corrected chi connectivity index (χ0v) is 13.3. The van der Waals surface area contributed by atoms with Gasteiger partial charge in [-0.15, -0.1) is 0 Å². The maximum atomic E-state index is 12.2. The van der Waals surface area contributed by atoms with Crippen molar-refractivity contribution in [1.82, 2.24) is 0 Å². The number of esters is 1. The molecule has 1 aromatic heterocycles. The topological polar surface area (TPSA) is 39.4 Å². The van der Waals surface area contributed by atoms with E-state index in [0.29, 0.717) is 28.7 Å². The Labute approximate surface area is 139 Å². The summed E-state index contributed by atoms with van der Waals surface area (Å²) in [6, 6.07) is 18.5. The number of hydrogen-bond acceptors (Lipinski definition) is 3. The number of furan rings is 1. The van der Waals surface area contributed by atoms with Crippen molar-refractivity contribution in [3.63, 3.8) is 0 Å². The zero-order chi connectivity index (χ0) is 16.2. The third-order valence-corrected chi connectivity index (χ3v) is 3.64. The maximum Gasteiger partial charge on any atom is 0.342 e. The van der Waals surface area contributed by atoms with Crippen molar-refractivity contribution in [2.45, 2.75) is 6.92 Å². The number of ether oxygens (including phenoxy) is 1. The standard InChI is InChI=1S/C19H15ClO3/c1-2-22-19(21)16-12-17(13-8-10-15(20)11-9-13)23-18(16)14-6-4-3-5-7-14/h3-12H,2H2,1H3. The molecular weight excluding hydrogens is 312 g/mol. The Hall–Kier alpha value is -2.52. The molecule has 0 aliphatic heterocycles. The minimum absolute atomic E-state index is 0.314. The van der Waals surface area contributed by atoms with Crippen molar-refractivity contribution in [2.24, 2.45) is 0 Å². The van der Waals surface area contributed by atoms with Crippen LogP contribution in [0, 0.1) is 0 Å². The molecule has 3 rings (SSSR count). The number of carbonyl (C=O) groups is 1. The van der Waals surface area contributed by atoms with Crippen LogP contribution in [0.25, 0.3) is 22.6 Å². The molecule has 3 nitrogen and oxygen atoms in total. The molecule has 0 N–H and O–H groups in total. The van der Waals surface area contributed by atoms with Crippen molar-refractivity contribution in [2.75, 3.05) is 6.61 Å². The van der Waals surface area contributed by atoms with Crippen LogP contribution in [0.2, 0.25) is 5.02 Å². The first-order valence-electron chi connectivity index (χ1n) is 7.31. The number of rotatable bonds is 4. The minimum Gasteiger partial charge on any atom is -0.462 e. The molecular formula is C19H15ClO3. The first kappa shape index (κ1) is 15.4. The van der Waals surface area contributed by atoms with Crippen LogP contribution < -0.4 is 0 Å². The molecule has 3 aromatic rings. The van der Waals surface area contributed by atoms with E-state index >= 15 is 0 Å². The highest BCUT2D eigenvalue weighted by atomic mass is 35.5. The fourth-order valence-corrected chi connectivity index (χ4v) is 2.44. The molecule has 0 aliphatic carbocycles. The van der Waals surface area contributed by atoms with Gasteiger partial charge in [0.05, 0.1) is 6.61 Å². The van der Waals surface area contributed by atoms with Gasteiger partial charge in [-0.1, -0.05) is 41.9 Å². The average molecular weight is 327 g/mol. The fraction of sp³-hybridized carbons (Fsp3) is 0.105. The monoisotopic (exact) mass is 326 g/mol. The number of hydrogen-bond donors (Lipinski definition) is 0. The Balaban J connectivity index is 2.10. The van der Waals surface area contributed by atoms with Crippen molar-refractivity contribution < 1.29 is 13.9 Å². The molecule has 0 saturated carbocycles. The van der Waals surface area contributed by atoms with Gasteiger partial charge in [0.1, 0.15) is 17.1 Å². The average Bonchev–Trinajstić information content (AvgIpc) is 3.02. The van der Waals surface area contributed by atoms with Crippen LogP contribution in [-0.4, -0.2) is 12.6 Å². The van der Waals surface area contributed by atoms with Crippen LogP contribution in [0.5, 0.6) is 0 Å². The molecule has 4 heteroatoms. The van der Waals surface area contributed by atoms with Crippen LogP contribution in [0.3, 0.4) is 0 Å². The van der Waals surface area contributed by atoms with E-state index in [1.807, 2.05) is 42.5 Å². The molecule has 116 valence electrons. The van der Waals surface area contributed by atoms with Gasteiger partial charge in [0.2, 0.25) is 0 Å². The van der Waals surface area contributed by atoms with Gasteiger partial charge in [-0.2, -0.15) is 0 Å². The number of halogens is 1. The molecule has 1 heterocycles. The predicted molar refractivity (Wildman–Crippen MR) is 90.5 cm³/mol. The lowest BCUT2D eigenvalue weighted by atomic mass is 10.1. The van der Waals surface area contributed by atoms with E-state index in [1.165, 1.54) is 0 Å². The minimum atomic E-state index is -0.393. The Bertz CT molecular complexity index is 804. The van der Waals surface area contributed by atoms with Gasteiger partial charge in [0.15, 0.2) is 0 Å². The maximum absolute atomic E-state index is 12.2. The van der Waals surface area contributed by atoms with E-state index in [4.69, 9.17) is 20.8 Å². The largest absolute Gasteiger partial charge is 0.462 e. The summed E-state index contributed by atoms with van der Waals surface area (Å²) in [5.41, 5.74) is 2.10. The molecule has 0 unspecified atom stereocenters. The molecule has 0 radical (unpaired) electrons. The van der Waals surface area contributed by atoms with E-state index < -0.39 is 5.97 Å². The summed E-state index contributed by atoms with van der Waals surface area (Å²) in [5, 5.41) is 0.647. The quantitative estimate of drug-likeness (QED) is 0.599. The SMILES string of the molecule is CCOC(=O)c1cc(-c2ccc(Cl)cc2)oc1-c1ccccc1. The second kappa shape index (κ2) is 6.71. The lowest BCUT2D eigenvalue weighted by Gasteiger charge is -2.02. The third-order valence-electron chi connectivity index (χ3n) is 3.39. The summed E-state index contributed by atoms with van der Waals surface area (Å²) in [6.07, 6.45) is 0. The normalized spacial score (nSPS) is 10.5. The van der Waals surface area contributed by atoms with Crippen LogP contribution in [0.15, 0.2) is 65.1 Å². The van der Waals surface area contributed by atoms with Gasteiger partial charge in [0, 0.05) is 16.1 Å².